The number of hydrogen-bond acceptors (Lipinski definition) is 7. The number of nitrogens with one attached hydrogen (secondary N) is 1. The molecule has 0 saturated carbocycles. The third kappa shape index (κ3) is 6.14. The van der Waals surface area contributed by atoms with Crippen LogP contribution in [0.3, 0.4) is 0 Å². The predicted molar refractivity (Wildman–Crippen MR) is 95.2 cm³/mol. The van der Waals surface area contributed by atoms with Crippen molar-refractivity contribution >= 4 is 23.7 Å². The van der Waals surface area contributed by atoms with Crippen LogP contribution < -0.4 is 11.1 Å². The van der Waals surface area contributed by atoms with Crippen LogP contribution in [0.4, 0.5) is 5.82 Å². The van der Waals surface area contributed by atoms with E-state index >= 15 is 0 Å². The molecule has 1 aromatic heterocycles. The Morgan fingerprint density at radius 3 is 2.38 bits per heavy atom. The Morgan fingerprint density at radius 1 is 1.27 bits per heavy atom. The lowest BCUT2D eigenvalue weighted by Crippen LogP contribution is -2.39. The number of methoxy groups -OCH3 is 1. The number of carbonyl (C=O) groups is 3. The lowest BCUT2D eigenvalue weighted by molar-refractivity contribution is -0.161. The van der Waals surface area contributed by atoms with Gasteiger partial charge < -0.3 is 25.1 Å². The Bertz CT molecular complexity index is 660. The smallest absolute Gasteiger partial charge is 0.320 e. The van der Waals surface area contributed by atoms with Crippen LogP contribution in [0, 0.1) is 5.92 Å². The highest BCUT2D eigenvalue weighted by Gasteiger charge is 2.31. The molecule has 3 N–H and O–H groups in total. The fourth-order valence-corrected chi connectivity index (χ4v) is 2.13. The number of imidazole rings is 1. The van der Waals surface area contributed by atoms with Gasteiger partial charge in [-0.25, -0.2) is 4.98 Å². The highest BCUT2D eigenvalue weighted by Crippen LogP contribution is 2.22. The maximum Gasteiger partial charge on any atom is 0.320 e. The minimum Gasteiger partial charge on any atom is -0.469 e. The average molecular weight is 368 g/mol. The molecule has 26 heavy (non-hydrogen) atoms. The van der Waals surface area contributed by atoms with E-state index in [4.69, 9.17) is 10.5 Å². The van der Waals surface area contributed by atoms with Crippen LogP contribution in [-0.2, 0) is 29.4 Å². The van der Waals surface area contributed by atoms with Gasteiger partial charge in [0.25, 0.3) is 0 Å². The number of nitrogens with two attached hydrogens (primary N) is 1. The number of esters is 2. The number of rotatable bonds is 7. The van der Waals surface area contributed by atoms with Gasteiger partial charge in [0.1, 0.15) is 11.5 Å². The highest BCUT2D eigenvalue weighted by atomic mass is 16.6. The molecule has 0 aliphatic carbocycles. The van der Waals surface area contributed by atoms with Gasteiger partial charge in [0.05, 0.1) is 25.4 Å². The third-order valence-electron chi connectivity index (χ3n) is 3.58. The molecule has 1 amide bonds. The summed E-state index contributed by atoms with van der Waals surface area (Å²) in [5.74, 6) is -2.54. The van der Waals surface area contributed by atoms with Crippen molar-refractivity contribution in [2.24, 2.45) is 11.7 Å². The lowest BCUT2D eigenvalue weighted by Gasteiger charge is -2.24. The fraction of sp³-hybridized carbons (Fsp3) is 0.647. The zero-order valence-corrected chi connectivity index (χ0v) is 16.2. The van der Waals surface area contributed by atoms with Gasteiger partial charge in [0, 0.05) is 12.7 Å². The molecular weight excluding hydrogens is 340 g/mol. The number of aromatic nitrogens is 2. The Morgan fingerprint density at radius 2 is 1.88 bits per heavy atom. The number of amides is 1. The number of ether oxygens (including phenoxy) is 2. The monoisotopic (exact) mass is 368 g/mol. The van der Waals surface area contributed by atoms with Crippen molar-refractivity contribution in [3.63, 3.8) is 0 Å². The first-order valence-electron chi connectivity index (χ1n) is 8.24. The molecule has 0 spiro atoms. The van der Waals surface area contributed by atoms with Crippen molar-refractivity contribution in [2.75, 3.05) is 19.0 Å². The van der Waals surface area contributed by atoms with Gasteiger partial charge >= 0.3 is 11.9 Å². The van der Waals surface area contributed by atoms with Crippen LogP contribution in [0.25, 0.3) is 0 Å². The summed E-state index contributed by atoms with van der Waals surface area (Å²) in [5.41, 5.74) is 4.24. The molecular formula is C17H28N4O5. The second-order valence-corrected chi connectivity index (χ2v) is 7.54. The Labute approximate surface area is 153 Å². The molecule has 0 saturated heterocycles. The molecule has 9 heteroatoms. The molecule has 0 bridgehead atoms. The molecule has 146 valence electrons. The first-order chi connectivity index (χ1) is 11.9. The van der Waals surface area contributed by atoms with E-state index in [0.29, 0.717) is 0 Å². The van der Waals surface area contributed by atoms with Gasteiger partial charge in [-0.1, -0.05) is 0 Å². The number of anilines is 1. The summed E-state index contributed by atoms with van der Waals surface area (Å²) in [4.78, 5) is 40.0. The number of hydrogen-bond donors (Lipinski definition) is 2. The van der Waals surface area contributed by atoms with Crippen LogP contribution in [0.15, 0.2) is 12.5 Å². The molecule has 0 fully saturated rings. The second-order valence-electron chi connectivity index (χ2n) is 7.54. The summed E-state index contributed by atoms with van der Waals surface area (Å²) in [6, 6.07) is 0. The van der Waals surface area contributed by atoms with Gasteiger partial charge in [-0.3, -0.25) is 14.4 Å². The van der Waals surface area contributed by atoms with E-state index in [9.17, 15) is 14.4 Å². The van der Waals surface area contributed by atoms with Crippen LogP contribution in [0.2, 0.25) is 0 Å². The van der Waals surface area contributed by atoms with Crippen molar-refractivity contribution in [3.8, 4) is 0 Å². The standard InChI is InChI=1S/C17H28N4O5/c1-16(2,3)26-15(24)11(8-18)14(23)20-12-9-21(10-19-12)17(4,5)7-13(22)25-6/h9-11H,7-8,18H2,1-6H3,(H,20,23). The van der Waals surface area contributed by atoms with E-state index in [-0.39, 0.29) is 24.8 Å². The van der Waals surface area contributed by atoms with E-state index in [1.165, 1.54) is 13.4 Å². The first-order valence-corrected chi connectivity index (χ1v) is 8.24. The van der Waals surface area contributed by atoms with Crippen molar-refractivity contribution in [1.29, 1.82) is 0 Å². The molecule has 1 unspecified atom stereocenters. The van der Waals surface area contributed by atoms with Crippen LogP contribution in [-0.4, -0.2) is 46.7 Å². The summed E-state index contributed by atoms with van der Waals surface area (Å²) < 4.78 is 11.6. The average Bonchev–Trinajstić information content (AvgIpc) is 2.94. The third-order valence-corrected chi connectivity index (χ3v) is 3.58. The van der Waals surface area contributed by atoms with E-state index in [1.807, 2.05) is 13.8 Å². The zero-order chi connectivity index (χ0) is 20.1. The molecule has 1 atom stereocenters. The largest absolute Gasteiger partial charge is 0.469 e. The Kier molecular flexibility index (Phi) is 6.91. The lowest BCUT2D eigenvalue weighted by atomic mass is 10.0. The molecule has 1 heterocycles. The molecule has 0 aromatic carbocycles. The van der Waals surface area contributed by atoms with Gasteiger partial charge in [0.15, 0.2) is 5.82 Å². The maximum atomic E-state index is 12.3. The summed E-state index contributed by atoms with van der Waals surface area (Å²) in [6.45, 7) is 8.61. The van der Waals surface area contributed by atoms with E-state index in [1.54, 1.807) is 31.5 Å². The van der Waals surface area contributed by atoms with Crippen LogP contribution in [0.5, 0.6) is 0 Å². The normalized spacial score (nSPS) is 13.0. The molecule has 9 nitrogen and oxygen atoms in total. The van der Waals surface area contributed by atoms with E-state index < -0.39 is 28.9 Å². The summed E-state index contributed by atoms with van der Waals surface area (Å²) in [7, 11) is 1.32. The molecule has 1 aromatic rings. The predicted octanol–water partition coefficient (Wildman–Crippen LogP) is 1.04. The van der Waals surface area contributed by atoms with Crippen molar-refractivity contribution in [1.82, 2.24) is 9.55 Å². The second kappa shape index (κ2) is 8.31. The minimum absolute atomic E-state index is 0.135. The van der Waals surface area contributed by atoms with Gasteiger partial charge in [0.2, 0.25) is 5.91 Å². The molecule has 0 aliphatic heterocycles. The van der Waals surface area contributed by atoms with Crippen LogP contribution in [0.1, 0.15) is 41.0 Å². The van der Waals surface area contributed by atoms with Gasteiger partial charge in [-0.2, -0.15) is 0 Å². The quantitative estimate of drug-likeness (QED) is 0.544. The number of nitrogens with zero attached hydrogens (tertiary/aromatic N) is 2. The summed E-state index contributed by atoms with van der Waals surface area (Å²) in [5, 5.41) is 2.55. The summed E-state index contributed by atoms with van der Waals surface area (Å²) >= 11 is 0. The van der Waals surface area contributed by atoms with Crippen molar-refractivity contribution < 1.29 is 23.9 Å². The Balaban J connectivity index is 2.83. The molecule has 0 radical (unpaired) electrons. The molecule has 0 aliphatic rings. The zero-order valence-electron chi connectivity index (χ0n) is 16.2. The highest BCUT2D eigenvalue weighted by molar-refractivity contribution is 6.04. The van der Waals surface area contributed by atoms with E-state index in [0.717, 1.165) is 0 Å². The van der Waals surface area contributed by atoms with Crippen molar-refractivity contribution in [3.05, 3.63) is 12.5 Å². The van der Waals surface area contributed by atoms with Gasteiger partial charge in [-0.05, 0) is 34.6 Å². The summed E-state index contributed by atoms with van der Waals surface area (Å²) in [6.07, 6.45) is 3.20. The van der Waals surface area contributed by atoms with E-state index in [2.05, 4.69) is 15.0 Å². The SMILES string of the molecule is COC(=O)CC(C)(C)n1cnc(NC(=O)C(CN)C(=O)OC(C)(C)C)c1. The minimum atomic E-state index is -1.14. The van der Waals surface area contributed by atoms with Crippen LogP contribution >= 0.6 is 0 Å². The van der Waals surface area contributed by atoms with Crippen molar-refractivity contribution in [2.45, 2.75) is 52.2 Å². The molecule has 1 rings (SSSR count). The maximum absolute atomic E-state index is 12.3. The number of carbonyl (C=O) groups excluding carboxylic acids is 3. The first kappa shape index (κ1) is 21.6. The Hall–Kier alpha value is -2.42. The topological polar surface area (TPSA) is 126 Å². The fourth-order valence-electron chi connectivity index (χ4n) is 2.13. The van der Waals surface area contributed by atoms with Gasteiger partial charge in [-0.15, -0.1) is 0 Å².